The number of hydrogen-bond donors (Lipinski definition) is 0. The molecule has 8 nitrogen and oxygen atoms in total. The van der Waals surface area contributed by atoms with E-state index in [9.17, 15) is 14.4 Å². The van der Waals surface area contributed by atoms with Crippen LogP contribution in [-0.4, -0.2) is 35.3 Å². The van der Waals surface area contributed by atoms with E-state index in [2.05, 4.69) is 0 Å². The zero-order chi connectivity index (χ0) is 22.4. The number of nitrogens with zero attached hydrogens (tertiary/aromatic N) is 1. The first-order valence-corrected chi connectivity index (χ1v) is 10.3. The SMILES string of the molecule is CC(=O)OC[C@H]1O[C@@H](n2c3ccccc3c3cc4ccc(=O)oc4cc32)CC1OC(C)=O. The van der Waals surface area contributed by atoms with Gasteiger partial charge in [0.1, 0.15) is 30.6 Å². The normalized spacial score (nSPS) is 20.8. The lowest BCUT2D eigenvalue weighted by molar-refractivity contribution is -0.155. The fourth-order valence-electron chi connectivity index (χ4n) is 4.42. The minimum absolute atomic E-state index is 0.0152. The first kappa shape index (κ1) is 20.3. The van der Waals surface area contributed by atoms with E-state index in [4.69, 9.17) is 18.6 Å². The largest absolute Gasteiger partial charge is 0.463 e. The van der Waals surface area contributed by atoms with Gasteiger partial charge in [0.05, 0.1) is 11.0 Å². The lowest BCUT2D eigenvalue weighted by Gasteiger charge is -2.18. The number of esters is 2. The smallest absolute Gasteiger partial charge is 0.336 e. The summed E-state index contributed by atoms with van der Waals surface area (Å²) >= 11 is 0. The summed E-state index contributed by atoms with van der Waals surface area (Å²) in [4.78, 5) is 34.7. The Morgan fingerprint density at radius 2 is 1.84 bits per heavy atom. The Hall–Kier alpha value is -3.65. The molecular weight excluding hydrogens is 414 g/mol. The van der Waals surface area contributed by atoms with Crippen molar-refractivity contribution in [3.05, 3.63) is 59.0 Å². The van der Waals surface area contributed by atoms with Crippen LogP contribution in [0.25, 0.3) is 32.8 Å². The highest BCUT2D eigenvalue weighted by Crippen LogP contribution is 2.39. The number of carbonyl (C=O) groups is 2. The predicted molar refractivity (Wildman–Crippen MR) is 116 cm³/mol. The molecule has 1 aliphatic rings. The fraction of sp³-hybridized carbons (Fsp3) is 0.292. The predicted octanol–water partition coefficient (Wildman–Crippen LogP) is 3.68. The summed E-state index contributed by atoms with van der Waals surface area (Å²) in [6.45, 7) is 2.64. The van der Waals surface area contributed by atoms with Crippen LogP contribution in [0.5, 0.6) is 0 Å². The molecule has 2 aromatic heterocycles. The molecule has 1 unspecified atom stereocenters. The van der Waals surface area contributed by atoms with Gasteiger partial charge in [0, 0.05) is 48.6 Å². The molecule has 0 N–H and O–H groups in total. The Labute approximate surface area is 182 Å². The van der Waals surface area contributed by atoms with E-state index < -0.39 is 36.0 Å². The van der Waals surface area contributed by atoms with Crippen molar-refractivity contribution in [1.82, 2.24) is 4.57 Å². The third-order valence-corrected chi connectivity index (χ3v) is 5.69. The highest BCUT2D eigenvalue weighted by atomic mass is 16.6. The van der Waals surface area contributed by atoms with E-state index in [1.807, 2.05) is 41.0 Å². The summed E-state index contributed by atoms with van der Waals surface area (Å²) in [6.07, 6.45) is -1.25. The van der Waals surface area contributed by atoms with E-state index in [0.717, 1.165) is 27.2 Å². The molecule has 0 amide bonds. The van der Waals surface area contributed by atoms with Crippen LogP contribution in [0.1, 0.15) is 26.5 Å². The zero-order valence-corrected chi connectivity index (χ0v) is 17.6. The summed E-state index contributed by atoms with van der Waals surface area (Å²) in [5, 5.41) is 2.82. The van der Waals surface area contributed by atoms with Crippen molar-refractivity contribution in [1.29, 1.82) is 0 Å². The molecule has 0 spiro atoms. The molecule has 1 saturated heterocycles. The maximum atomic E-state index is 11.8. The van der Waals surface area contributed by atoms with Crippen molar-refractivity contribution >= 4 is 44.7 Å². The van der Waals surface area contributed by atoms with E-state index in [0.29, 0.717) is 12.0 Å². The number of fused-ring (bicyclic) bond motifs is 4. The van der Waals surface area contributed by atoms with Crippen molar-refractivity contribution in [3.63, 3.8) is 0 Å². The van der Waals surface area contributed by atoms with Gasteiger partial charge in [-0.3, -0.25) is 9.59 Å². The number of benzene rings is 2. The summed E-state index contributed by atoms with van der Waals surface area (Å²) in [7, 11) is 0. The van der Waals surface area contributed by atoms with Crippen LogP contribution >= 0.6 is 0 Å². The molecule has 2 aromatic carbocycles. The van der Waals surface area contributed by atoms with Crippen LogP contribution in [0.15, 0.2) is 57.7 Å². The number of aromatic nitrogens is 1. The maximum absolute atomic E-state index is 11.8. The Bertz CT molecular complexity index is 1420. The second kappa shape index (κ2) is 7.80. The van der Waals surface area contributed by atoms with Gasteiger partial charge in [0.2, 0.25) is 0 Å². The average molecular weight is 435 g/mol. The van der Waals surface area contributed by atoms with Gasteiger partial charge in [-0.15, -0.1) is 0 Å². The molecule has 1 fully saturated rings. The Morgan fingerprint density at radius 3 is 2.62 bits per heavy atom. The Morgan fingerprint density at radius 1 is 1.03 bits per heavy atom. The molecule has 3 atom stereocenters. The van der Waals surface area contributed by atoms with Gasteiger partial charge in [0.25, 0.3) is 0 Å². The fourth-order valence-corrected chi connectivity index (χ4v) is 4.42. The molecule has 0 bridgehead atoms. The summed E-state index contributed by atoms with van der Waals surface area (Å²) in [6, 6.07) is 14.9. The van der Waals surface area contributed by atoms with Crippen LogP contribution < -0.4 is 5.63 Å². The zero-order valence-electron chi connectivity index (χ0n) is 17.6. The lowest BCUT2D eigenvalue weighted by Crippen LogP contribution is -2.31. The van der Waals surface area contributed by atoms with Gasteiger partial charge in [0.15, 0.2) is 0 Å². The van der Waals surface area contributed by atoms with Crippen molar-refractivity contribution in [2.24, 2.45) is 0 Å². The Kier molecular flexibility index (Phi) is 4.94. The summed E-state index contributed by atoms with van der Waals surface area (Å²) < 4.78 is 24.3. The van der Waals surface area contributed by atoms with E-state index in [-0.39, 0.29) is 6.61 Å². The van der Waals surface area contributed by atoms with Gasteiger partial charge in [-0.2, -0.15) is 0 Å². The van der Waals surface area contributed by atoms with Crippen molar-refractivity contribution in [2.45, 2.75) is 38.7 Å². The number of ether oxygens (including phenoxy) is 3. The van der Waals surface area contributed by atoms with Crippen LogP contribution in [0.4, 0.5) is 0 Å². The highest BCUT2D eigenvalue weighted by Gasteiger charge is 2.40. The highest BCUT2D eigenvalue weighted by molar-refractivity contribution is 6.12. The van der Waals surface area contributed by atoms with E-state index in [1.165, 1.54) is 19.9 Å². The third-order valence-electron chi connectivity index (χ3n) is 5.69. The second-order valence-electron chi connectivity index (χ2n) is 7.86. The molecule has 8 heteroatoms. The number of carbonyl (C=O) groups excluding carboxylic acids is 2. The maximum Gasteiger partial charge on any atom is 0.336 e. The molecule has 0 aliphatic carbocycles. The molecule has 0 radical (unpaired) electrons. The number of para-hydroxylation sites is 1. The first-order valence-electron chi connectivity index (χ1n) is 10.3. The molecule has 164 valence electrons. The molecule has 32 heavy (non-hydrogen) atoms. The van der Waals surface area contributed by atoms with Crippen LogP contribution in [-0.2, 0) is 23.8 Å². The minimum atomic E-state index is -0.595. The van der Waals surface area contributed by atoms with Crippen molar-refractivity contribution < 1.29 is 28.2 Å². The van der Waals surface area contributed by atoms with Crippen molar-refractivity contribution in [2.75, 3.05) is 6.61 Å². The number of rotatable bonds is 4. The third kappa shape index (κ3) is 3.52. The monoisotopic (exact) mass is 435 g/mol. The molecule has 0 saturated carbocycles. The number of hydrogen-bond acceptors (Lipinski definition) is 7. The molecule has 3 heterocycles. The van der Waals surface area contributed by atoms with Crippen molar-refractivity contribution in [3.8, 4) is 0 Å². The first-order chi connectivity index (χ1) is 15.4. The van der Waals surface area contributed by atoms with E-state index >= 15 is 0 Å². The molecule has 5 rings (SSSR count). The minimum Gasteiger partial charge on any atom is -0.463 e. The topological polar surface area (TPSA) is 97.0 Å². The standard InChI is InChI=1S/C24H21NO7/c1-13(26)29-12-22-21(30-14(2)27)11-23(31-22)25-18-6-4-3-5-16(18)17-9-15-7-8-24(28)32-20(15)10-19(17)25/h3-10,21-23H,11-12H2,1-2H3/t21?,22-,23-/m1/s1. The van der Waals surface area contributed by atoms with Gasteiger partial charge in [-0.1, -0.05) is 18.2 Å². The van der Waals surface area contributed by atoms with Crippen LogP contribution in [0, 0.1) is 0 Å². The van der Waals surface area contributed by atoms with Crippen LogP contribution in [0.3, 0.4) is 0 Å². The molecule has 1 aliphatic heterocycles. The van der Waals surface area contributed by atoms with Gasteiger partial charge >= 0.3 is 17.6 Å². The van der Waals surface area contributed by atoms with E-state index in [1.54, 1.807) is 6.07 Å². The van der Waals surface area contributed by atoms with Gasteiger partial charge in [-0.25, -0.2) is 4.79 Å². The summed E-state index contributed by atoms with van der Waals surface area (Å²) in [5.41, 5.74) is 1.81. The second-order valence-corrected chi connectivity index (χ2v) is 7.86. The van der Waals surface area contributed by atoms with Gasteiger partial charge in [-0.05, 0) is 18.2 Å². The summed E-state index contributed by atoms with van der Waals surface area (Å²) in [5.74, 6) is -0.862. The van der Waals surface area contributed by atoms with Gasteiger partial charge < -0.3 is 23.2 Å². The van der Waals surface area contributed by atoms with Crippen LogP contribution in [0.2, 0.25) is 0 Å². The lowest BCUT2D eigenvalue weighted by atomic mass is 10.1. The quantitative estimate of drug-likeness (QED) is 0.356. The molecule has 4 aromatic rings. The average Bonchev–Trinajstić information content (AvgIpc) is 3.28. The molecular formula is C24H21NO7. The Balaban J connectivity index is 1.65.